The lowest BCUT2D eigenvalue weighted by atomic mass is 9.91. The van der Waals surface area contributed by atoms with Gasteiger partial charge in [0.1, 0.15) is 11.5 Å². The Hall–Kier alpha value is -3.71. The van der Waals surface area contributed by atoms with Gasteiger partial charge in [0.15, 0.2) is 0 Å². The SMILES string of the molecule is COc1ccc(C(=O)N(C)c2ccccc2Cl)c(N2CCC(COc3cccc(C(CC(=O)O)C4CC4)c3)CC2)c1. The van der Waals surface area contributed by atoms with Gasteiger partial charge in [-0.25, -0.2) is 0 Å². The third kappa shape index (κ3) is 6.96. The number of methoxy groups -OCH3 is 1. The molecule has 3 aromatic carbocycles. The quantitative estimate of drug-likeness (QED) is 0.268. The van der Waals surface area contributed by atoms with Crippen molar-refractivity contribution in [1.82, 2.24) is 0 Å². The average molecular weight is 577 g/mol. The van der Waals surface area contributed by atoms with E-state index in [-0.39, 0.29) is 18.2 Å². The van der Waals surface area contributed by atoms with Gasteiger partial charge in [-0.2, -0.15) is 0 Å². The van der Waals surface area contributed by atoms with Gasteiger partial charge in [0, 0.05) is 26.2 Å². The molecule has 0 aromatic heterocycles. The minimum absolute atomic E-state index is 0.0519. The molecule has 2 aliphatic rings. The summed E-state index contributed by atoms with van der Waals surface area (Å²) in [5.74, 6) is 1.51. The highest BCUT2D eigenvalue weighted by Crippen LogP contribution is 2.45. The molecule has 8 heteroatoms. The molecule has 1 heterocycles. The Morgan fingerprint density at radius 1 is 1.00 bits per heavy atom. The van der Waals surface area contributed by atoms with E-state index in [2.05, 4.69) is 4.90 Å². The van der Waals surface area contributed by atoms with Crippen LogP contribution in [0.4, 0.5) is 11.4 Å². The molecule has 1 saturated carbocycles. The molecule has 1 atom stereocenters. The fraction of sp³-hybridized carbons (Fsp3) is 0.394. The molecule has 1 unspecified atom stereocenters. The van der Waals surface area contributed by atoms with Gasteiger partial charge in [-0.3, -0.25) is 9.59 Å². The zero-order valence-corrected chi connectivity index (χ0v) is 24.3. The monoisotopic (exact) mass is 576 g/mol. The number of anilines is 2. The zero-order chi connectivity index (χ0) is 28.9. The predicted octanol–water partition coefficient (Wildman–Crippen LogP) is 6.89. The van der Waals surface area contributed by atoms with E-state index in [0.29, 0.717) is 40.5 Å². The number of nitrogens with zero attached hydrogens (tertiary/aromatic N) is 2. The lowest BCUT2D eigenvalue weighted by Gasteiger charge is -2.35. The number of carbonyl (C=O) groups excluding carboxylic acids is 1. The smallest absolute Gasteiger partial charge is 0.303 e. The summed E-state index contributed by atoms with van der Waals surface area (Å²) in [7, 11) is 3.37. The summed E-state index contributed by atoms with van der Waals surface area (Å²) in [6, 6.07) is 20.9. The third-order valence-electron chi connectivity index (χ3n) is 8.27. The average Bonchev–Trinajstić information content (AvgIpc) is 3.84. The van der Waals surface area contributed by atoms with Crippen molar-refractivity contribution in [3.8, 4) is 11.5 Å². The van der Waals surface area contributed by atoms with Gasteiger partial charge < -0.3 is 24.4 Å². The first kappa shape index (κ1) is 28.8. The Morgan fingerprint density at radius 2 is 1.76 bits per heavy atom. The molecule has 7 nitrogen and oxygen atoms in total. The molecular weight excluding hydrogens is 540 g/mol. The molecular formula is C33H37ClN2O5. The van der Waals surface area contributed by atoms with Crippen LogP contribution in [-0.4, -0.2) is 50.8 Å². The molecule has 2 fully saturated rings. The molecule has 216 valence electrons. The molecule has 1 amide bonds. The molecule has 0 bridgehead atoms. The highest BCUT2D eigenvalue weighted by Gasteiger charge is 2.34. The number of halogens is 1. The zero-order valence-electron chi connectivity index (χ0n) is 23.6. The van der Waals surface area contributed by atoms with Crippen LogP contribution in [0.25, 0.3) is 0 Å². The summed E-state index contributed by atoms with van der Waals surface area (Å²) in [5.41, 5.74) is 3.17. The maximum absolute atomic E-state index is 13.6. The van der Waals surface area contributed by atoms with E-state index in [4.69, 9.17) is 21.1 Å². The Labute approximate surface area is 246 Å². The third-order valence-corrected chi connectivity index (χ3v) is 8.59. The minimum Gasteiger partial charge on any atom is -0.497 e. The molecule has 1 aliphatic heterocycles. The first-order valence-electron chi connectivity index (χ1n) is 14.2. The number of carboxylic acids is 1. The summed E-state index contributed by atoms with van der Waals surface area (Å²) < 4.78 is 11.7. The van der Waals surface area contributed by atoms with Crippen LogP contribution >= 0.6 is 11.6 Å². The molecule has 0 radical (unpaired) electrons. The van der Waals surface area contributed by atoms with Gasteiger partial charge in [0.25, 0.3) is 5.91 Å². The van der Waals surface area contributed by atoms with Crippen molar-refractivity contribution < 1.29 is 24.2 Å². The second kappa shape index (κ2) is 12.9. The summed E-state index contributed by atoms with van der Waals surface area (Å²) in [4.78, 5) is 28.8. The number of amides is 1. The number of ether oxygens (including phenoxy) is 2. The first-order valence-corrected chi connectivity index (χ1v) is 14.6. The second-order valence-corrected chi connectivity index (χ2v) is 11.5. The first-order chi connectivity index (χ1) is 19.8. The summed E-state index contributed by atoms with van der Waals surface area (Å²) >= 11 is 6.38. The van der Waals surface area contributed by atoms with Crippen molar-refractivity contribution >= 4 is 34.9 Å². The number of para-hydroxylation sites is 1. The number of carboxylic acid groups (broad SMARTS) is 1. The summed E-state index contributed by atoms with van der Waals surface area (Å²) in [6.07, 6.45) is 4.20. The minimum atomic E-state index is -0.753. The lowest BCUT2D eigenvalue weighted by molar-refractivity contribution is -0.137. The molecule has 41 heavy (non-hydrogen) atoms. The van der Waals surface area contributed by atoms with E-state index in [1.54, 1.807) is 25.1 Å². The number of hydrogen-bond acceptors (Lipinski definition) is 5. The normalized spacial score (nSPS) is 16.2. The van der Waals surface area contributed by atoms with Crippen molar-refractivity contribution in [1.29, 1.82) is 0 Å². The Balaban J connectivity index is 1.23. The molecule has 1 saturated heterocycles. The fourth-order valence-corrected chi connectivity index (χ4v) is 5.99. The van der Waals surface area contributed by atoms with Gasteiger partial charge in [-0.15, -0.1) is 0 Å². The van der Waals surface area contributed by atoms with Gasteiger partial charge in [0.2, 0.25) is 0 Å². The van der Waals surface area contributed by atoms with E-state index in [9.17, 15) is 14.7 Å². The van der Waals surface area contributed by atoms with E-state index < -0.39 is 5.97 Å². The van der Waals surface area contributed by atoms with Crippen LogP contribution in [0.2, 0.25) is 5.02 Å². The molecule has 3 aromatic rings. The van der Waals surface area contributed by atoms with Crippen molar-refractivity contribution in [2.45, 2.75) is 38.0 Å². The maximum Gasteiger partial charge on any atom is 0.303 e. The molecule has 1 N–H and O–H groups in total. The predicted molar refractivity (Wildman–Crippen MR) is 162 cm³/mol. The number of piperidine rings is 1. The molecule has 1 aliphatic carbocycles. The van der Waals surface area contributed by atoms with Crippen LogP contribution < -0.4 is 19.3 Å². The number of rotatable bonds is 11. The van der Waals surface area contributed by atoms with Crippen molar-refractivity contribution in [2.75, 3.05) is 43.7 Å². The van der Waals surface area contributed by atoms with E-state index in [0.717, 1.165) is 55.8 Å². The van der Waals surface area contributed by atoms with Gasteiger partial charge in [-0.1, -0.05) is 35.9 Å². The Morgan fingerprint density at radius 3 is 2.44 bits per heavy atom. The van der Waals surface area contributed by atoms with Crippen molar-refractivity contribution in [3.63, 3.8) is 0 Å². The van der Waals surface area contributed by atoms with E-state index in [1.807, 2.05) is 60.7 Å². The number of aliphatic carboxylic acids is 1. The van der Waals surface area contributed by atoms with Crippen LogP contribution in [0.15, 0.2) is 66.7 Å². The second-order valence-electron chi connectivity index (χ2n) is 11.1. The highest BCUT2D eigenvalue weighted by atomic mass is 35.5. The standard InChI is InChI=1S/C33H37ClN2O5/c1-35(30-9-4-3-8-29(30)34)33(39)27-13-12-25(40-2)19-31(27)36-16-14-22(15-17-36)21-41-26-7-5-6-24(18-26)28(20-32(37)38)23-10-11-23/h3-9,12-13,18-19,22-23,28H,10-11,14-17,20-21H2,1-2H3,(H,37,38). The van der Waals surface area contributed by atoms with Gasteiger partial charge >= 0.3 is 5.97 Å². The highest BCUT2D eigenvalue weighted by molar-refractivity contribution is 6.34. The van der Waals surface area contributed by atoms with Gasteiger partial charge in [-0.05, 0) is 85.4 Å². The fourth-order valence-electron chi connectivity index (χ4n) is 5.73. The number of benzene rings is 3. The van der Waals surface area contributed by atoms with Crippen LogP contribution in [-0.2, 0) is 4.79 Å². The van der Waals surface area contributed by atoms with Crippen molar-refractivity contribution in [3.05, 3.63) is 82.9 Å². The van der Waals surface area contributed by atoms with Crippen LogP contribution in [0.5, 0.6) is 11.5 Å². The topological polar surface area (TPSA) is 79.3 Å². The molecule has 0 spiro atoms. The number of carbonyl (C=O) groups is 2. The Kier molecular flexibility index (Phi) is 9.03. The largest absolute Gasteiger partial charge is 0.497 e. The Bertz CT molecular complexity index is 1380. The van der Waals surface area contributed by atoms with E-state index >= 15 is 0 Å². The van der Waals surface area contributed by atoms with Gasteiger partial charge in [0.05, 0.1) is 42.1 Å². The maximum atomic E-state index is 13.6. The summed E-state index contributed by atoms with van der Waals surface area (Å²) in [6.45, 7) is 2.18. The summed E-state index contributed by atoms with van der Waals surface area (Å²) in [5, 5.41) is 9.89. The lowest BCUT2D eigenvalue weighted by Crippen LogP contribution is -2.37. The van der Waals surface area contributed by atoms with Crippen LogP contribution in [0, 0.1) is 11.8 Å². The van der Waals surface area contributed by atoms with Crippen LogP contribution in [0.3, 0.4) is 0 Å². The van der Waals surface area contributed by atoms with Crippen LogP contribution in [0.1, 0.15) is 53.9 Å². The van der Waals surface area contributed by atoms with E-state index in [1.165, 1.54) is 0 Å². The number of hydrogen-bond donors (Lipinski definition) is 1. The molecule has 5 rings (SSSR count). The van der Waals surface area contributed by atoms with Crippen molar-refractivity contribution in [2.24, 2.45) is 11.8 Å².